The third-order valence-corrected chi connectivity index (χ3v) is 5.96. The number of fused-ring (bicyclic) bond motifs is 2. The number of alkyl halides is 1. The predicted molar refractivity (Wildman–Crippen MR) is 181 cm³/mol. The van der Waals surface area contributed by atoms with Crippen molar-refractivity contribution in [3.8, 4) is 11.3 Å². The zero-order valence-electron chi connectivity index (χ0n) is 21.7. The largest absolute Gasteiger partial charge is 0.526 e. The molecule has 0 bridgehead atoms. The number of hydrogen-bond acceptors (Lipinski definition) is 10. The standard InChI is InChI=1S/C13H8N2O3.C8H5IN2O.C5H5BO4.CH3I.CH4/c16-6-9-2-4-12(18-9)8-1-3-11-10(5-8)13(17)15-7-14-11;9-5-1-2-7-6(3-5)8(12)11-4-10-7;7-3-4-1-2-5(10-4)6(8)9;1-2;/h1-7H,(H,14,15,17);1-4H,(H,10,11,12);1-3,8-9H;1H3;1H4. The van der Waals surface area contributed by atoms with E-state index in [-0.39, 0.29) is 35.7 Å². The first-order valence-electron chi connectivity index (χ1n) is 11.7. The molecule has 0 spiro atoms. The number of nitrogens with zero attached hydrogens (tertiary/aromatic N) is 2. The quantitative estimate of drug-likeness (QED) is 0.0877. The first-order chi connectivity index (χ1) is 20.3. The molecule has 0 aliphatic carbocycles. The summed E-state index contributed by atoms with van der Waals surface area (Å²) >= 11 is 4.31. The maximum atomic E-state index is 11.6. The van der Waals surface area contributed by atoms with Crippen molar-refractivity contribution < 1.29 is 28.5 Å². The highest BCUT2D eigenvalue weighted by molar-refractivity contribution is 14.1. The van der Waals surface area contributed by atoms with Gasteiger partial charge in [0.2, 0.25) is 0 Å². The van der Waals surface area contributed by atoms with Crippen LogP contribution in [0.4, 0.5) is 0 Å². The molecule has 0 atom stereocenters. The van der Waals surface area contributed by atoms with E-state index in [9.17, 15) is 19.2 Å². The number of benzene rings is 2. The summed E-state index contributed by atoms with van der Waals surface area (Å²) in [6.07, 6.45) is 3.91. The van der Waals surface area contributed by atoms with Crippen LogP contribution in [0.3, 0.4) is 0 Å². The van der Waals surface area contributed by atoms with Gasteiger partial charge in [-0.3, -0.25) is 19.2 Å². The van der Waals surface area contributed by atoms with E-state index in [1.807, 2.05) is 23.1 Å². The van der Waals surface area contributed by atoms with E-state index in [4.69, 9.17) is 14.5 Å². The second-order valence-corrected chi connectivity index (χ2v) is 9.15. The van der Waals surface area contributed by atoms with Crippen LogP contribution in [0.5, 0.6) is 0 Å². The van der Waals surface area contributed by atoms with E-state index in [2.05, 4.69) is 69.5 Å². The second-order valence-electron chi connectivity index (χ2n) is 7.91. The molecule has 0 saturated carbocycles. The molecular formula is C28H25BI2N4O8. The van der Waals surface area contributed by atoms with Crippen molar-refractivity contribution in [1.29, 1.82) is 0 Å². The van der Waals surface area contributed by atoms with E-state index in [0.29, 0.717) is 34.6 Å². The van der Waals surface area contributed by atoms with Crippen molar-refractivity contribution in [2.45, 2.75) is 7.43 Å². The monoisotopic (exact) mass is 810 g/mol. The molecule has 0 amide bonds. The minimum absolute atomic E-state index is 0. The van der Waals surface area contributed by atoms with Crippen LogP contribution in [0.2, 0.25) is 0 Å². The molecule has 0 unspecified atom stereocenters. The van der Waals surface area contributed by atoms with Gasteiger partial charge >= 0.3 is 7.12 Å². The molecular weight excluding hydrogens is 785 g/mol. The fourth-order valence-electron chi connectivity index (χ4n) is 3.40. The molecule has 0 aliphatic heterocycles. The molecule has 4 N–H and O–H groups in total. The Labute approximate surface area is 272 Å². The van der Waals surface area contributed by atoms with E-state index < -0.39 is 7.12 Å². The number of rotatable bonds is 4. The lowest BCUT2D eigenvalue weighted by atomic mass is 9.88. The molecule has 6 rings (SSSR count). The fourth-order valence-corrected chi connectivity index (χ4v) is 3.90. The zero-order valence-corrected chi connectivity index (χ0v) is 26.0. The van der Waals surface area contributed by atoms with Gasteiger partial charge in [0, 0.05) is 9.13 Å². The Morgan fingerprint density at radius 3 is 1.81 bits per heavy atom. The molecule has 2 aromatic carbocycles. The number of furan rings is 2. The summed E-state index contributed by atoms with van der Waals surface area (Å²) in [6.45, 7) is 0. The molecule has 0 fully saturated rings. The maximum absolute atomic E-state index is 11.6. The van der Waals surface area contributed by atoms with Gasteiger partial charge in [-0.2, -0.15) is 0 Å². The number of H-pyrrole nitrogens is 2. The molecule has 222 valence electrons. The SMILES string of the molecule is C.CI.O=Cc1ccc(-c2ccc3nc[nH]c(=O)c3c2)o1.O=Cc1ccc(B(O)O)o1.O=c1[nH]cnc2ccc(I)cc12. The molecule has 43 heavy (non-hydrogen) atoms. The summed E-state index contributed by atoms with van der Waals surface area (Å²) < 4.78 is 11.0. The summed E-state index contributed by atoms with van der Waals surface area (Å²) in [4.78, 5) is 58.5. The number of nitrogens with one attached hydrogen (secondary N) is 2. The normalized spacial score (nSPS) is 9.70. The van der Waals surface area contributed by atoms with Gasteiger partial charge in [-0.05, 0) is 88.2 Å². The van der Waals surface area contributed by atoms with Gasteiger partial charge in [0.25, 0.3) is 11.1 Å². The lowest BCUT2D eigenvalue weighted by molar-refractivity contribution is 0.109. The lowest BCUT2D eigenvalue weighted by Gasteiger charge is -1.99. The Balaban J connectivity index is 0.000000227. The minimum Gasteiger partial charge on any atom is -0.462 e. The van der Waals surface area contributed by atoms with Crippen molar-refractivity contribution in [1.82, 2.24) is 19.9 Å². The lowest BCUT2D eigenvalue weighted by Crippen LogP contribution is -2.27. The molecule has 0 aliphatic rings. The summed E-state index contributed by atoms with van der Waals surface area (Å²) in [6, 6.07) is 16.8. The van der Waals surface area contributed by atoms with Crippen molar-refractivity contribution >= 4 is 92.3 Å². The summed E-state index contributed by atoms with van der Waals surface area (Å²) in [5, 5.41) is 18.1. The van der Waals surface area contributed by atoms with Crippen molar-refractivity contribution in [2.75, 3.05) is 4.93 Å². The van der Waals surface area contributed by atoms with Crippen LogP contribution in [0.15, 0.2) is 91.7 Å². The zero-order chi connectivity index (χ0) is 30.6. The van der Waals surface area contributed by atoms with Crippen LogP contribution in [-0.4, -0.2) is 54.6 Å². The van der Waals surface area contributed by atoms with Crippen LogP contribution in [0.1, 0.15) is 28.5 Å². The topological polar surface area (TPSA) is 192 Å². The highest BCUT2D eigenvalue weighted by Crippen LogP contribution is 2.23. The van der Waals surface area contributed by atoms with Gasteiger partial charge in [-0.1, -0.05) is 30.0 Å². The Kier molecular flexibility index (Phi) is 14.1. The van der Waals surface area contributed by atoms with Gasteiger partial charge in [0.1, 0.15) is 11.4 Å². The van der Waals surface area contributed by atoms with Crippen LogP contribution in [0, 0.1) is 3.57 Å². The van der Waals surface area contributed by atoms with Gasteiger partial charge in [-0.25, -0.2) is 9.97 Å². The number of halogens is 2. The van der Waals surface area contributed by atoms with Crippen molar-refractivity contribution in [3.05, 3.63) is 109 Å². The number of aromatic amines is 2. The average molecular weight is 810 g/mol. The second kappa shape index (κ2) is 17.2. The van der Waals surface area contributed by atoms with Crippen LogP contribution in [-0.2, 0) is 0 Å². The summed E-state index contributed by atoms with van der Waals surface area (Å²) in [5.74, 6) is 0.885. The smallest absolute Gasteiger partial charge is 0.462 e. The molecule has 4 aromatic heterocycles. The van der Waals surface area contributed by atoms with E-state index >= 15 is 0 Å². The van der Waals surface area contributed by atoms with E-state index in [0.717, 1.165) is 14.7 Å². The minimum atomic E-state index is -1.64. The number of aldehydes is 2. The first kappa shape index (κ1) is 35.3. The number of aromatic nitrogens is 4. The Morgan fingerprint density at radius 1 is 0.767 bits per heavy atom. The highest BCUT2D eigenvalue weighted by atomic mass is 127. The van der Waals surface area contributed by atoms with E-state index in [1.165, 1.54) is 24.8 Å². The summed E-state index contributed by atoms with van der Waals surface area (Å²) in [5.41, 5.74) is 1.77. The fraction of sp³-hybridized carbons (Fsp3) is 0.0714. The average Bonchev–Trinajstić information content (AvgIpc) is 3.70. The third kappa shape index (κ3) is 9.53. The molecule has 12 nitrogen and oxygen atoms in total. The van der Waals surface area contributed by atoms with Gasteiger partial charge < -0.3 is 28.9 Å². The first-order valence-corrected chi connectivity index (χ1v) is 15.0. The molecule has 6 aromatic rings. The van der Waals surface area contributed by atoms with E-state index in [1.54, 1.807) is 30.3 Å². The Morgan fingerprint density at radius 2 is 1.30 bits per heavy atom. The van der Waals surface area contributed by atoms with Gasteiger partial charge in [-0.15, -0.1) is 0 Å². The van der Waals surface area contributed by atoms with Crippen LogP contribution in [0.25, 0.3) is 33.1 Å². The number of carbonyl (C=O) groups excluding carboxylic acids is 2. The Hall–Kier alpha value is -3.94. The van der Waals surface area contributed by atoms with Crippen LogP contribution >= 0.6 is 45.2 Å². The Bertz CT molecular complexity index is 1920. The molecule has 0 radical (unpaired) electrons. The van der Waals surface area contributed by atoms with Crippen LogP contribution < -0.4 is 16.8 Å². The highest BCUT2D eigenvalue weighted by Gasteiger charge is 2.15. The predicted octanol–water partition coefficient (Wildman–Crippen LogP) is 3.98. The molecule has 0 saturated heterocycles. The van der Waals surface area contributed by atoms with Gasteiger partial charge in [0.15, 0.2) is 24.1 Å². The third-order valence-electron chi connectivity index (χ3n) is 5.29. The van der Waals surface area contributed by atoms with Crippen molar-refractivity contribution in [3.63, 3.8) is 0 Å². The van der Waals surface area contributed by atoms with Crippen molar-refractivity contribution in [2.24, 2.45) is 0 Å². The number of carbonyl (C=O) groups is 2. The molecule has 4 heterocycles. The number of hydrogen-bond donors (Lipinski definition) is 4. The summed E-state index contributed by atoms with van der Waals surface area (Å²) in [7, 11) is -1.64. The van der Waals surface area contributed by atoms with Gasteiger partial charge in [0.05, 0.1) is 34.5 Å². The molecule has 15 heteroatoms. The maximum Gasteiger partial charge on any atom is 0.526 e.